The molecule has 3 unspecified atom stereocenters. The molecule has 0 spiro atoms. The molecule has 2 N–H and O–H groups in total. The van der Waals surface area contributed by atoms with Gasteiger partial charge in [-0.25, -0.2) is 0 Å². The van der Waals surface area contributed by atoms with Crippen molar-refractivity contribution in [1.82, 2.24) is 5.32 Å². The number of amides is 1. The average molecular weight is 392 g/mol. The van der Waals surface area contributed by atoms with Crippen LogP contribution in [0.5, 0.6) is 0 Å². The Balaban J connectivity index is 1.77. The molecule has 0 bridgehead atoms. The van der Waals surface area contributed by atoms with Gasteiger partial charge in [0.1, 0.15) is 6.29 Å². The minimum atomic E-state index is -4.62. The molecule has 2 heterocycles. The van der Waals surface area contributed by atoms with E-state index >= 15 is 0 Å². The lowest BCUT2D eigenvalue weighted by molar-refractivity contribution is -0.137. The summed E-state index contributed by atoms with van der Waals surface area (Å²) < 4.78 is 39.8. The van der Waals surface area contributed by atoms with E-state index in [1.165, 1.54) is 12.1 Å². The van der Waals surface area contributed by atoms with Crippen molar-refractivity contribution in [2.75, 3.05) is 5.32 Å². The lowest BCUT2D eigenvalue weighted by Gasteiger charge is -2.37. The fourth-order valence-electron chi connectivity index (χ4n) is 4.62. The van der Waals surface area contributed by atoms with Crippen molar-refractivity contribution in [1.29, 1.82) is 0 Å². The molecule has 1 amide bonds. The van der Waals surface area contributed by atoms with Crippen LogP contribution < -0.4 is 10.6 Å². The number of Topliss-reactive ketones (excluding diaryl/α,β-unsaturated/α-hetero) is 1. The number of nitrogens with one attached hydrogen (secondary N) is 2. The van der Waals surface area contributed by atoms with Gasteiger partial charge in [0.25, 0.3) is 5.91 Å². The number of fused-ring (bicyclic) bond motifs is 2. The molecule has 1 saturated heterocycles. The zero-order valence-electron chi connectivity index (χ0n) is 15.2. The van der Waals surface area contributed by atoms with Crippen molar-refractivity contribution in [2.45, 2.75) is 44.8 Å². The van der Waals surface area contributed by atoms with Gasteiger partial charge >= 0.3 is 6.18 Å². The first-order valence-corrected chi connectivity index (χ1v) is 9.24. The largest absolute Gasteiger partial charge is 0.418 e. The maximum absolute atomic E-state index is 13.3. The maximum atomic E-state index is 13.3. The monoisotopic (exact) mass is 392 g/mol. The van der Waals surface area contributed by atoms with Crippen LogP contribution in [0.15, 0.2) is 23.9 Å². The highest BCUT2D eigenvalue weighted by atomic mass is 19.4. The van der Waals surface area contributed by atoms with Crippen LogP contribution >= 0.6 is 0 Å². The SMILES string of the molecule is CCC1(C=O)CCC2C(=O)/C(=C3/C(=O)Nc4c3cccc4C(F)(F)F)NC2C1. The molecule has 0 aromatic heterocycles. The van der Waals surface area contributed by atoms with Crippen molar-refractivity contribution in [3.63, 3.8) is 0 Å². The summed E-state index contributed by atoms with van der Waals surface area (Å²) in [6.45, 7) is 1.92. The Labute approximate surface area is 159 Å². The quantitative estimate of drug-likeness (QED) is 0.598. The second-order valence-electron chi connectivity index (χ2n) is 7.73. The molecule has 0 radical (unpaired) electrons. The molecular formula is C20H19F3N2O3. The van der Waals surface area contributed by atoms with E-state index in [9.17, 15) is 27.6 Å². The van der Waals surface area contributed by atoms with Crippen molar-refractivity contribution >= 4 is 29.2 Å². The van der Waals surface area contributed by atoms with Crippen molar-refractivity contribution in [3.05, 3.63) is 35.0 Å². The van der Waals surface area contributed by atoms with Crippen LogP contribution in [0.4, 0.5) is 18.9 Å². The van der Waals surface area contributed by atoms with E-state index in [0.29, 0.717) is 25.7 Å². The molecule has 1 aromatic carbocycles. The molecule has 4 rings (SSSR count). The van der Waals surface area contributed by atoms with E-state index in [2.05, 4.69) is 10.6 Å². The number of carbonyl (C=O) groups is 3. The van der Waals surface area contributed by atoms with Crippen molar-refractivity contribution in [3.8, 4) is 0 Å². The van der Waals surface area contributed by atoms with Crippen LogP contribution in [-0.2, 0) is 20.6 Å². The second kappa shape index (κ2) is 6.18. The summed E-state index contributed by atoms with van der Waals surface area (Å²) >= 11 is 0. The Bertz CT molecular complexity index is 922. The molecule has 148 valence electrons. The van der Waals surface area contributed by atoms with Crippen LogP contribution in [0.25, 0.3) is 5.57 Å². The number of ketones is 1. The van der Waals surface area contributed by atoms with Crippen LogP contribution in [-0.4, -0.2) is 24.0 Å². The fourth-order valence-corrected chi connectivity index (χ4v) is 4.62. The molecule has 3 aliphatic rings. The molecule has 2 aliphatic heterocycles. The Morgan fingerprint density at radius 1 is 1.29 bits per heavy atom. The lowest BCUT2D eigenvalue weighted by Crippen LogP contribution is -2.41. The van der Waals surface area contributed by atoms with Gasteiger partial charge in [0, 0.05) is 22.9 Å². The predicted molar refractivity (Wildman–Crippen MR) is 95.1 cm³/mol. The number of hydrogen-bond donors (Lipinski definition) is 2. The fraction of sp³-hybridized carbons (Fsp3) is 0.450. The van der Waals surface area contributed by atoms with Crippen LogP contribution in [0.1, 0.15) is 43.7 Å². The molecule has 1 aliphatic carbocycles. The highest BCUT2D eigenvalue weighted by Gasteiger charge is 2.49. The number of alkyl halides is 3. The minimum Gasteiger partial charge on any atom is -0.378 e. The Morgan fingerprint density at radius 3 is 2.68 bits per heavy atom. The Hall–Kier alpha value is -2.64. The Kier molecular flexibility index (Phi) is 4.13. The van der Waals surface area contributed by atoms with Gasteiger partial charge < -0.3 is 15.4 Å². The summed E-state index contributed by atoms with van der Waals surface area (Å²) in [5, 5.41) is 5.34. The number of benzene rings is 1. The van der Waals surface area contributed by atoms with Gasteiger partial charge in [0.05, 0.1) is 22.5 Å². The number of halogens is 3. The molecule has 3 atom stereocenters. The number of carbonyl (C=O) groups excluding carboxylic acids is 3. The van der Waals surface area contributed by atoms with Crippen molar-refractivity contribution in [2.24, 2.45) is 11.3 Å². The first kappa shape index (κ1) is 18.7. The third kappa shape index (κ3) is 2.65. The molecule has 2 fully saturated rings. The van der Waals surface area contributed by atoms with E-state index < -0.39 is 23.1 Å². The highest BCUT2D eigenvalue weighted by molar-refractivity contribution is 6.36. The topological polar surface area (TPSA) is 75.3 Å². The van der Waals surface area contributed by atoms with E-state index in [-0.39, 0.29) is 40.3 Å². The molecule has 5 nitrogen and oxygen atoms in total. The normalized spacial score (nSPS) is 31.9. The summed E-state index contributed by atoms with van der Waals surface area (Å²) in [4.78, 5) is 37.0. The summed E-state index contributed by atoms with van der Waals surface area (Å²) in [5.41, 5.74) is -1.68. The van der Waals surface area contributed by atoms with Gasteiger partial charge in [0.2, 0.25) is 0 Å². The zero-order chi connectivity index (χ0) is 20.3. The second-order valence-corrected chi connectivity index (χ2v) is 7.73. The van der Waals surface area contributed by atoms with E-state index in [1.54, 1.807) is 0 Å². The highest BCUT2D eigenvalue weighted by Crippen LogP contribution is 2.47. The summed E-state index contributed by atoms with van der Waals surface area (Å²) in [6, 6.07) is 3.24. The number of allylic oxidation sites excluding steroid dienone is 1. The van der Waals surface area contributed by atoms with Gasteiger partial charge in [-0.05, 0) is 31.7 Å². The average Bonchev–Trinajstić information content (AvgIpc) is 3.15. The van der Waals surface area contributed by atoms with E-state index in [1.807, 2.05) is 6.92 Å². The molecular weight excluding hydrogens is 373 g/mol. The third-order valence-electron chi connectivity index (χ3n) is 6.29. The smallest absolute Gasteiger partial charge is 0.378 e. The molecule has 8 heteroatoms. The van der Waals surface area contributed by atoms with Crippen LogP contribution in [0, 0.1) is 11.3 Å². The number of hydrogen-bond acceptors (Lipinski definition) is 4. The number of aldehydes is 1. The first-order valence-electron chi connectivity index (χ1n) is 9.24. The van der Waals surface area contributed by atoms with Gasteiger partial charge in [-0.15, -0.1) is 0 Å². The van der Waals surface area contributed by atoms with E-state index in [0.717, 1.165) is 12.4 Å². The summed E-state index contributed by atoms with van der Waals surface area (Å²) in [7, 11) is 0. The maximum Gasteiger partial charge on any atom is 0.418 e. The number of anilines is 1. The molecule has 28 heavy (non-hydrogen) atoms. The Morgan fingerprint density at radius 2 is 2.04 bits per heavy atom. The first-order chi connectivity index (χ1) is 13.2. The standard InChI is InChI=1S/C20H19F3N2O3/c1-2-19(9-26)7-6-10-13(8-19)24-16(17(10)27)14-11-4-3-5-12(20(21,22)23)15(11)25-18(14)28/h3-5,9-10,13,24H,2,6-8H2,1H3,(H,25,28)/b16-14-. The minimum absolute atomic E-state index is 0.0475. The van der Waals surface area contributed by atoms with Gasteiger partial charge in [0.15, 0.2) is 5.78 Å². The van der Waals surface area contributed by atoms with Crippen LogP contribution in [0.2, 0.25) is 0 Å². The third-order valence-corrected chi connectivity index (χ3v) is 6.29. The number of para-hydroxylation sites is 1. The van der Waals surface area contributed by atoms with Gasteiger partial charge in [-0.3, -0.25) is 9.59 Å². The predicted octanol–water partition coefficient (Wildman–Crippen LogP) is 3.30. The van der Waals surface area contributed by atoms with Gasteiger partial charge in [-0.2, -0.15) is 13.2 Å². The molecule has 1 aromatic rings. The lowest BCUT2D eigenvalue weighted by atomic mass is 9.67. The van der Waals surface area contributed by atoms with Crippen molar-refractivity contribution < 1.29 is 27.6 Å². The molecule has 1 saturated carbocycles. The number of rotatable bonds is 2. The van der Waals surface area contributed by atoms with Crippen LogP contribution in [0.3, 0.4) is 0 Å². The summed E-state index contributed by atoms with van der Waals surface area (Å²) in [5.74, 6) is -1.36. The van der Waals surface area contributed by atoms with E-state index in [4.69, 9.17) is 0 Å². The summed E-state index contributed by atoms with van der Waals surface area (Å²) in [6.07, 6.45) is -1.46. The zero-order valence-corrected chi connectivity index (χ0v) is 15.2. The van der Waals surface area contributed by atoms with Gasteiger partial charge in [-0.1, -0.05) is 19.1 Å².